The lowest BCUT2D eigenvalue weighted by atomic mass is 9.86. The number of rotatable bonds is 4. The van der Waals surface area contributed by atoms with Crippen molar-refractivity contribution in [3.8, 4) is 9.75 Å². The van der Waals surface area contributed by atoms with Crippen LogP contribution < -0.4 is 0 Å². The summed E-state index contributed by atoms with van der Waals surface area (Å²) in [5.74, 6) is 0. The van der Waals surface area contributed by atoms with Gasteiger partial charge in [-0.3, -0.25) is 0 Å². The molecule has 0 radical (unpaired) electrons. The molecule has 110 valence electrons. The normalized spacial score (nSPS) is 12.9. The molecule has 2 aromatic heterocycles. The van der Waals surface area contributed by atoms with Gasteiger partial charge >= 0.3 is 0 Å². The molecule has 0 spiro atoms. The summed E-state index contributed by atoms with van der Waals surface area (Å²) in [6, 6.07) is 0. The minimum Gasteiger partial charge on any atom is -0.248 e. The molecular formula is C16H24N2S2. The number of aromatic nitrogens is 2. The quantitative estimate of drug-likeness (QED) is 0.730. The van der Waals surface area contributed by atoms with Crippen molar-refractivity contribution in [3.63, 3.8) is 0 Å². The summed E-state index contributed by atoms with van der Waals surface area (Å²) < 4.78 is 0. The molecule has 2 rings (SSSR count). The lowest BCUT2D eigenvalue weighted by Gasteiger charge is -2.23. The second kappa shape index (κ2) is 5.57. The van der Waals surface area contributed by atoms with Gasteiger partial charge in [-0.05, 0) is 12.8 Å². The molecule has 0 aliphatic carbocycles. The molecule has 2 heterocycles. The van der Waals surface area contributed by atoms with Crippen LogP contribution in [0.5, 0.6) is 0 Å². The maximum atomic E-state index is 4.68. The Bertz CT molecular complexity index is 571. The third-order valence-corrected chi connectivity index (χ3v) is 6.90. The fraction of sp³-hybridized carbons (Fsp3) is 0.625. The average molecular weight is 309 g/mol. The Morgan fingerprint density at radius 2 is 1.30 bits per heavy atom. The standard InChI is InChI=1S/C16H24N2S2/c1-7-16(6,8-2)14-18-10-12(20-14)11-9-17-13(19-11)15(3,4)5/h9-10H,7-8H2,1-6H3. The van der Waals surface area contributed by atoms with Gasteiger partial charge in [0, 0.05) is 23.2 Å². The highest BCUT2D eigenvalue weighted by Gasteiger charge is 2.26. The van der Waals surface area contributed by atoms with Crippen LogP contribution in [0.3, 0.4) is 0 Å². The Balaban J connectivity index is 2.32. The average Bonchev–Trinajstić information content (AvgIpc) is 3.05. The molecule has 0 atom stereocenters. The third kappa shape index (κ3) is 2.96. The minimum absolute atomic E-state index is 0.123. The van der Waals surface area contributed by atoms with Crippen molar-refractivity contribution in [1.82, 2.24) is 9.97 Å². The van der Waals surface area contributed by atoms with Gasteiger partial charge in [-0.1, -0.05) is 41.5 Å². The summed E-state index contributed by atoms with van der Waals surface area (Å²) in [5.41, 5.74) is 0.332. The van der Waals surface area contributed by atoms with E-state index >= 15 is 0 Å². The number of hydrogen-bond acceptors (Lipinski definition) is 4. The van der Waals surface area contributed by atoms with Gasteiger partial charge in [-0.15, -0.1) is 22.7 Å². The van der Waals surface area contributed by atoms with E-state index in [4.69, 9.17) is 0 Å². The van der Waals surface area contributed by atoms with Gasteiger partial charge in [0.2, 0.25) is 0 Å². The Kier molecular flexibility index (Phi) is 4.35. The van der Waals surface area contributed by atoms with Gasteiger partial charge in [0.25, 0.3) is 0 Å². The molecule has 0 saturated carbocycles. The Labute approximate surface area is 130 Å². The van der Waals surface area contributed by atoms with Crippen LogP contribution in [-0.2, 0) is 10.8 Å². The Morgan fingerprint density at radius 3 is 1.70 bits per heavy atom. The maximum absolute atomic E-state index is 4.68. The molecule has 0 bridgehead atoms. The van der Waals surface area contributed by atoms with Gasteiger partial charge in [0.15, 0.2) is 0 Å². The van der Waals surface area contributed by atoms with Crippen molar-refractivity contribution >= 4 is 22.7 Å². The van der Waals surface area contributed by atoms with E-state index in [-0.39, 0.29) is 10.8 Å². The summed E-state index contributed by atoms with van der Waals surface area (Å²) in [4.78, 5) is 11.7. The van der Waals surface area contributed by atoms with Crippen molar-refractivity contribution in [2.75, 3.05) is 0 Å². The number of thiazole rings is 2. The molecule has 0 N–H and O–H groups in total. The van der Waals surface area contributed by atoms with Crippen LogP contribution in [-0.4, -0.2) is 9.97 Å². The summed E-state index contributed by atoms with van der Waals surface area (Å²) in [6.07, 6.45) is 6.28. The van der Waals surface area contributed by atoms with Crippen molar-refractivity contribution in [2.24, 2.45) is 0 Å². The number of nitrogens with zero attached hydrogens (tertiary/aromatic N) is 2. The van der Waals surface area contributed by atoms with Crippen molar-refractivity contribution in [3.05, 3.63) is 22.4 Å². The monoisotopic (exact) mass is 308 g/mol. The zero-order valence-corrected chi connectivity index (χ0v) is 14.9. The zero-order chi connectivity index (χ0) is 15.0. The number of hydrogen-bond donors (Lipinski definition) is 0. The molecule has 0 amide bonds. The SMILES string of the molecule is CCC(C)(CC)c1ncc(-c2cnc(C(C)(C)C)s2)s1. The summed E-state index contributed by atoms with van der Waals surface area (Å²) in [5, 5.41) is 2.44. The molecular weight excluding hydrogens is 284 g/mol. The predicted octanol–water partition coefficient (Wildman–Crippen LogP) is 5.64. The molecule has 0 fully saturated rings. The third-order valence-electron chi connectivity index (χ3n) is 3.97. The molecule has 0 unspecified atom stereocenters. The summed E-state index contributed by atoms with van der Waals surface area (Å²) in [6.45, 7) is 13.4. The van der Waals surface area contributed by atoms with E-state index in [2.05, 4.69) is 51.5 Å². The van der Waals surface area contributed by atoms with Crippen LogP contribution in [0, 0.1) is 0 Å². The van der Waals surface area contributed by atoms with E-state index in [9.17, 15) is 0 Å². The largest absolute Gasteiger partial charge is 0.248 e. The van der Waals surface area contributed by atoms with Gasteiger partial charge in [0.05, 0.1) is 19.8 Å². The predicted molar refractivity (Wildman–Crippen MR) is 89.9 cm³/mol. The first-order valence-corrected chi connectivity index (χ1v) is 8.86. The molecule has 2 aromatic rings. The van der Waals surface area contributed by atoms with E-state index in [0.29, 0.717) is 0 Å². The van der Waals surface area contributed by atoms with Crippen LogP contribution in [0.15, 0.2) is 12.4 Å². The zero-order valence-electron chi connectivity index (χ0n) is 13.3. The van der Waals surface area contributed by atoms with Gasteiger partial charge in [0.1, 0.15) is 0 Å². The van der Waals surface area contributed by atoms with E-state index < -0.39 is 0 Å². The summed E-state index contributed by atoms with van der Waals surface area (Å²) >= 11 is 3.62. The maximum Gasteiger partial charge on any atom is 0.0990 e. The molecule has 20 heavy (non-hydrogen) atoms. The molecule has 0 aromatic carbocycles. The van der Waals surface area contributed by atoms with Crippen LogP contribution >= 0.6 is 22.7 Å². The molecule has 0 saturated heterocycles. The van der Waals surface area contributed by atoms with E-state index in [1.807, 2.05) is 23.7 Å². The van der Waals surface area contributed by atoms with Crippen LogP contribution in [0.25, 0.3) is 9.75 Å². The second-order valence-corrected chi connectivity index (χ2v) is 8.64. The van der Waals surface area contributed by atoms with Crippen LogP contribution in [0.2, 0.25) is 0 Å². The van der Waals surface area contributed by atoms with E-state index in [0.717, 1.165) is 12.8 Å². The van der Waals surface area contributed by atoms with Gasteiger partial charge < -0.3 is 0 Å². The fourth-order valence-electron chi connectivity index (χ4n) is 1.95. The fourth-order valence-corrected chi connectivity index (χ4v) is 4.19. The molecule has 4 heteroatoms. The first-order chi connectivity index (χ1) is 9.30. The van der Waals surface area contributed by atoms with Gasteiger partial charge in [-0.2, -0.15) is 0 Å². The lowest BCUT2D eigenvalue weighted by molar-refractivity contribution is 0.436. The van der Waals surface area contributed by atoms with E-state index in [1.54, 1.807) is 11.3 Å². The lowest BCUT2D eigenvalue weighted by Crippen LogP contribution is -2.18. The Morgan fingerprint density at radius 1 is 0.850 bits per heavy atom. The highest BCUT2D eigenvalue weighted by molar-refractivity contribution is 7.21. The van der Waals surface area contributed by atoms with Crippen molar-refractivity contribution < 1.29 is 0 Å². The minimum atomic E-state index is 0.123. The highest BCUT2D eigenvalue weighted by Crippen LogP contribution is 2.40. The molecule has 0 aliphatic rings. The molecule has 0 aliphatic heterocycles. The molecule has 2 nitrogen and oxygen atoms in total. The van der Waals surface area contributed by atoms with Crippen LogP contribution in [0.4, 0.5) is 0 Å². The van der Waals surface area contributed by atoms with Crippen molar-refractivity contribution in [1.29, 1.82) is 0 Å². The van der Waals surface area contributed by atoms with E-state index in [1.165, 1.54) is 19.8 Å². The van der Waals surface area contributed by atoms with Crippen molar-refractivity contribution in [2.45, 2.75) is 65.2 Å². The topological polar surface area (TPSA) is 25.8 Å². The summed E-state index contributed by atoms with van der Waals surface area (Å²) in [7, 11) is 0. The highest BCUT2D eigenvalue weighted by atomic mass is 32.1. The second-order valence-electron chi connectivity index (χ2n) is 6.58. The first-order valence-electron chi connectivity index (χ1n) is 7.23. The Hall–Kier alpha value is -0.740. The smallest absolute Gasteiger partial charge is 0.0990 e. The van der Waals surface area contributed by atoms with Crippen LogP contribution in [0.1, 0.15) is 64.4 Å². The van der Waals surface area contributed by atoms with Gasteiger partial charge in [-0.25, -0.2) is 9.97 Å². The first kappa shape index (κ1) is 15.6.